The molecule has 0 saturated carbocycles. The maximum absolute atomic E-state index is 10.7. The smallest absolute Gasteiger partial charge is 0.358 e. The van der Waals surface area contributed by atoms with E-state index < -0.39 is 5.97 Å². The lowest BCUT2D eigenvalue weighted by Crippen LogP contribution is -2.04. The molecule has 1 aromatic rings. The van der Waals surface area contributed by atoms with Crippen LogP contribution in [0, 0.1) is 0 Å². The highest BCUT2D eigenvalue weighted by Gasteiger charge is 2.12. The maximum atomic E-state index is 10.7. The second kappa shape index (κ2) is 5.65. The summed E-state index contributed by atoms with van der Waals surface area (Å²) in [7, 11) is 0. The normalized spacial score (nSPS) is 10.5. The Kier molecular flexibility index (Phi) is 4.48. The summed E-state index contributed by atoms with van der Waals surface area (Å²) < 4.78 is 1.59. The van der Waals surface area contributed by atoms with Crippen LogP contribution in [-0.4, -0.2) is 32.4 Å². The number of hydrogen-bond donors (Lipinski definition) is 2. The van der Waals surface area contributed by atoms with E-state index in [4.69, 9.17) is 10.8 Å². The van der Waals surface area contributed by atoms with Gasteiger partial charge in [0.25, 0.3) is 0 Å². The number of thioether (sulfide) groups is 1. The molecule has 84 valence electrons. The van der Waals surface area contributed by atoms with E-state index in [0.717, 1.165) is 17.9 Å². The summed E-state index contributed by atoms with van der Waals surface area (Å²) in [6.45, 7) is 2.82. The van der Waals surface area contributed by atoms with Crippen LogP contribution in [-0.2, 0) is 6.54 Å². The summed E-state index contributed by atoms with van der Waals surface area (Å²) in [6.07, 6.45) is 2.54. The molecule has 0 radical (unpaired) electrons. The molecule has 0 aromatic carbocycles. The van der Waals surface area contributed by atoms with Crippen LogP contribution in [0.1, 0.15) is 23.8 Å². The Bertz CT molecular complexity index is 338. The number of aryl methyl sites for hydroxylation is 1. The van der Waals surface area contributed by atoms with E-state index in [1.54, 1.807) is 10.9 Å². The minimum Gasteiger partial charge on any atom is -0.476 e. The number of carboxylic acid groups (broad SMARTS) is 1. The first-order chi connectivity index (χ1) is 7.15. The Morgan fingerprint density at radius 2 is 2.47 bits per heavy atom. The van der Waals surface area contributed by atoms with E-state index in [1.807, 2.05) is 11.8 Å². The molecule has 1 rings (SSSR count). The Hall–Kier alpha value is -1.17. The molecule has 0 aliphatic rings. The van der Waals surface area contributed by atoms with Crippen molar-refractivity contribution in [1.29, 1.82) is 0 Å². The van der Waals surface area contributed by atoms with Crippen LogP contribution >= 0.6 is 11.8 Å². The highest BCUT2D eigenvalue weighted by atomic mass is 32.2. The van der Waals surface area contributed by atoms with E-state index in [2.05, 4.69) is 12.0 Å². The molecule has 0 unspecified atom stereocenters. The molecule has 3 N–H and O–H groups in total. The molecule has 0 fully saturated rings. The number of nitrogen functional groups attached to an aromatic ring is 1. The first kappa shape index (κ1) is 11.9. The Morgan fingerprint density at radius 3 is 3.00 bits per heavy atom. The fourth-order valence-electron chi connectivity index (χ4n) is 1.19. The van der Waals surface area contributed by atoms with Gasteiger partial charge in [-0.15, -0.1) is 0 Å². The number of nitrogens with two attached hydrogens (primary N) is 1. The summed E-state index contributed by atoms with van der Waals surface area (Å²) in [4.78, 5) is 10.7. The number of hydrogen-bond acceptors (Lipinski definition) is 4. The third-order valence-corrected chi connectivity index (χ3v) is 2.86. The quantitative estimate of drug-likeness (QED) is 0.719. The zero-order valence-electron chi connectivity index (χ0n) is 8.64. The molecule has 0 bridgehead atoms. The summed E-state index contributed by atoms with van der Waals surface area (Å²) in [5.74, 6) is 1.08. The SMILES string of the molecule is CCSCCCn1cc(N)c(C(=O)O)n1. The summed E-state index contributed by atoms with van der Waals surface area (Å²) >= 11 is 1.86. The van der Waals surface area contributed by atoms with Gasteiger partial charge in [-0.25, -0.2) is 4.79 Å². The van der Waals surface area contributed by atoms with Crippen molar-refractivity contribution in [3.05, 3.63) is 11.9 Å². The van der Waals surface area contributed by atoms with Gasteiger partial charge in [0.1, 0.15) is 0 Å². The molecular weight excluding hydrogens is 214 g/mol. The molecule has 0 amide bonds. The van der Waals surface area contributed by atoms with E-state index in [1.165, 1.54) is 0 Å². The Labute approximate surface area is 92.6 Å². The van der Waals surface area contributed by atoms with E-state index in [-0.39, 0.29) is 11.4 Å². The molecular formula is C9H15N3O2S. The number of carbonyl (C=O) groups is 1. The van der Waals surface area contributed by atoms with Crippen molar-refractivity contribution in [3.63, 3.8) is 0 Å². The van der Waals surface area contributed by atoms with Crippen molar-refractivity contribution < 1.29 is 9.90 Å². The van der Waals surface area contributed by atoms with Gasteiger partial charge in [0, 0.05) is 12.7 Å². The molecule has 15 heavy (non-hydrogen) atoms. The van der Waals surface area contributed by atoms with Gasteiger partial charge < -0.3 is 10.8 Å². The predicted octanol–water partition coefficient (Wildman–Crippen LogP) is 1.31. The largest absolute Gasteiger partial charge is 0.476 e. The van der Waals surface area contributed by atoms with Gasteiger partial charge >= 0.3 is 5.97 Å². The molecule has 0 aliphatic heterocycles. The van der Waals surface area contributed by atoms with Gasteiger partial charge in [-0.2, -0.15) is 16.9 Å². The number of rotatable bonds is 6. The molecule has 0 aliphatic carbocycles. The zero-order chi connectivity index (χ0) is 11.3. The second-order valence-electron chi connectivity index (χ2n) is 3.05. The van der Waals surface area contributed by atoms with Gasteiger partial charge in [0.2, 0.25) is 0 Å². The average Bonchev–Trinajstić information content (AvgIpc) is 2.55. The number of aromatic nitrogens is 2. The van der Waals surface area contributed by atoms with Crippen LogP contribution in [0.3, 0.4) is 0 Å². The van der Waals surface area contributed by atoms with E-state index >= 15 is 0 Å². The third kappa shape index (κ3) is 3.47. The minimum atomic E-state index is -1.07. The fourth-order valence-corrected chi connectivity index (χ4v) is 1.81. The number of anilines is 1. The first-order valence-electron chi connectivity index (χ1n) is 4.79. The molecule has 6 heteroatoms. The fraction of sp³-hybridized carbons (Fsp3) is 0.556. The number of aromatic carboxylic acids is 1. The van der Waals surface area contributed by atoms with Gasteiger partial charge in [0.05, 0.1) is 5.69 Å². The monoisotopic (exact) mass is 229 g/mol. The van der Waals surface area contributed by atoms with Crippen molar-refractivity contribution in [2.45, 2.75) is 19.9 Å². The van der Waals surface area contributed by atoms with Gasteiger partial charge in [-0.05, 0) is 17.9 Å². The van der Waals surface area contributed by atoms with Gasteiger partial charge in [-0.3, -0.25) is 4.68 Å². The van der Waals surface area contributed by atoms with E-state index in [9.17, 15) is 4.79 Å². The maximum Gasteiger partial charge on any atom is 0.358 e. The molecule has 0 spiro atoms. The predicted molar refractivity (Wildman–Crippen MR) is 61.2 cm³/mol. The zero-order valence-corrected chi connectivity index (χ0v) is 9.46. The van der Waals surface area contributed by atoms with Crippen molar-refractivity contribution in [2.75, 3.05) is 17.2 Å². The highest BCUT2D eigenvalue weighted by molar-refractivity contribution is 7.99. The van der Waals surface area contributed by atoms with Crippen molar-refractivity contribution in [2.24, 2.45) is 0 Å². The topological polar surface area (TPSA) is 81.1 Å². The third-order valence-electron chi connectivity index (χ3n) is 1.87. The van der Waals surface area contributed by atoms with Crippen LogP contribution in [0.5, 0.6) is 0 Å². The minimum absolute atomic E-state index is 0.0573. The number of carboxylic acids is 1. The summed E-state index contributed by atoms with van der Waals surface area (Å²) in [5, 5.41) is 12.6. The lowest BCUT2D eigenvalue weighted by molar-refractivity contribution is 0.0690. The standard InChI is InChI=1S/C9H15N3O2S/c1-2-15-5-3-4-12-6-7(10)8(11-12)9(13)14/h6H,2-5,10H2,1H3,(H,13,14). The molecule has 0 atom stereocenters. The summed E-state index contributed by atoms with van der Waals surface area (Å²) in [5.41, 5.74) is 5.67. The molecule has 5 nitrogen and oxygen atoms in total. The van der Waals surface area contributed by atoms with Crippen molar-refractivity contribution >= 4 is 23.4 Å². The highest BCUT2D eigenvalue weighted by Crippen LogP contribution is 2.10. The van der Waals surface area contributed by atoms with Crippen molar-refractivity contribution in [3.8, 4) is 0 Å². The molecule has 1 heterocycles. The van der Waals surface area contributed by atoms with Crippen molar-refractivity contribution in [1.82, 2.24) is 9.78 Å². The van der Waals surface area contributed by atoms with Gasteiger partial charge in [0.15, 0.2) is 5.69 Å². The number of nitrogens with zero attached hydrogens (tertiary/aromatic N) is 2. The lowest BCUT2D eigenvalue weighted by atomic mass is 10.4. The lowest BCUT2D eigenvalue weighted by Gasteiger charge is -1.99. The Morgan fingerprint density at radius 1 is 1.73 bits per heavy atom. The Balaban J connectivity index is 2.48. The second-order valence-corrected chi connectivity index (χ2v) is 4.45. The van der Waals surface area contributed by atoms with Crippen LogP contribution in [0.15, 0.2) is 6.20 Å². The summed E-state index contributed by atoms with van der Waals surface area (Å²) in [6, 6.07) is 0. The van der Waals surface area contributed by atoms with Gasteiger partial charge in [-0.1, -0.05) is 6.92 Å². The molecule has 0 saturated heterocycles. The van der Waals surface area contributed by atoms with E-state index in [0.29, 0.717) is 6.54 Å². The van der Waals surface area contributed by atoms with Crippen LogP contribution in [0.4, 0.5) is 5.69 Å². The molecule has 1 aromatic heterocycles. The van der Waals surface area contributed by atoms with Crippen LogP contribution in [0.2, 0.25) is 0 Å². The van der Waals surface area contributed by atoms with Crippen LogP contribution in [0.25, 0.3) is 0 Å². The first-order valence-corrected chi connectivity index (χ1v) is 5.94. The van der Waals surface area contributed by atoms with Crippen LogP contribution < -0.4 is 5.73 Å². The average molecular weight is 229 g/mol.